The topological polar surface area (TPSA) is 122 Å². The van der Waals surface area contributed by atoms with Crippen LogP contribution in [0.4, 0.5) is 10.5 Å². The first-order chi connectivity index (χ1) is 24.9. The SMILES string of the molecule is COc1cc(-c2ccc3c(c2NC(=O)N(C(c2ccccc2)(c2ccccc2)c2ccccc2)S(=N)(=O)c2cnn4c2OCCC4)CC3)ccn1. The number of rotatable bonds is 9. The summed E-state index contributed by atoms with van der Waals surface area (Å²) in [6.45, 7) is 0.934. The van der Waals surface area contributed by atoms with Crippen LogP contribution in [-0.4, -0.2) is 43.0 Å². The summed E-state index contributed by atoms with van der Waals surface area (Å²) < 4.78 is 40.1. The van der Waals surface area contributed by atoms with Crippen molar-refractivity contribution in [3.05, 3.63) is 155 Å². The van der Waals surface area contributed by atoms with Crippen molar-refractivity contribution in [2.45, 2.75) is 36.2 Å². The zero-order chi connectivity index (χ0) is 35.0. The molecule has 2 N–H and O–H groups in total. The molecule has 8 rings (SSSR count). The number of amides is 2. The van der Waals surface area contributed by atoms with Gasteiger partial charge in [-0.1, -0.05) is 103 Å². The Hall–Kier alpha value is -5.94. The highest BCUT2D eigenvalue weighted by Gasteiger charge is 2.51. The molecule has 1 atom stereocenters. The zero-order valence-electron chi connectivity index (χ0n) is 28.0. The number of aromatic nitrogens is 3. The Labute approximate surface area is 296 Å². The number of fused-ring (bicyclic) bond motifs is 2. The van der Waals surface area contributed by atoms with E-state index in [0.29, 0.717) is 41.4 Å². The quantitative estimate of drug-likeness (QED) is 0.150. The summed E-state index contributed by atoms with van der Waals surface area (Å²) >= 11 is 0. The average Bonchev–Trinajstić information content (AvgIpc) is 3.61. The van der Waals surface area contributed by atoms with Crippen molar-refractivity contribution < 1.29 is 18.5 Å². The Balaban J connectivity index is 1.41. The molecule has 0 fully saturated rings. The molecule has 2 aliphatic rings. The maximum absolute atomic E-state index is 15.8. The van der Waals surface area contributed by atoms with E-state index in [-0.39, 0.29) is 10.8 Å². The molecule has 0 saturated heterocycles. The molecule has 6 aromatic rings. The van der Waals surface area contributed by atoms with Crippen LogP contribution in [0, 0.1) is 4.78 Å². The Kier molecular flexibility index (Phi) is 8.27. The van der Waals surface area contributed by atoms with E-state index >= 15 is 9.00 Å². The second-order valence-electron chi connectivity index (χ2n) is 12.5. The van der Waals surface area contributed by atoms with Crippen molar-refractivity contribution in [2.24, 2.45) is 0 Å². The molecule has 0 spiro atoms. The number of urea groups is 1. The highest BCUT2D eigenvalue weighted by molar-refractivity contribution is 7.90. The van der Waals surface area contributed by atoms with Crippen LogP contribution >= 0.6 is 0 Å². The van der Waals surface area contributed by atoms with E-state index in [1.165, 1.54) is 10.5 Å². The Morgan fingerprint density at radius 2 is 1.57 bits per heavy atom. The monoisotopic (exact) mass is 696 g/mol. The number of methoxy groups -OCH3 is 1. The largest absolute Gasteiger partial charge is 0.481 e. The fourth-order valence-electron chi connectivity index (χ4n) is 7.21. The van der Waals surface area contributed by atoms with E-state index in [1.54, 1.807) is 18.0 Å². The number of carbonyl (C=O) groups is 1. The number of benzene rings is 4. The lowest BCUT2D eigenvalue weighted by molar-refractivity contribution is 0.215. The smallest absolute Gasteiger partial charge is 0.336 e. The number of hydrogen-bond donors (Lipinski definition) is 2. The minimum atomic E-state index is -4.23. The van der Waals surface area contributed by atoms with Gasteiger partial charge in [0.15, 0.2) is 9.92 Å². The number of hydrogen-bond acceptors (Lipinski definition) is 7. The van der Waals surface area contributed by atoms with E-state index in [2.05, 4.69) is 21.5 Å². The molecule has 11 heteroatoms. The van der Waals surface area contributed by atoms with Gasteiger partial charge in [-0.15, -0.1) is 0 Å². The molecular weight excluding hydrogens is 661 g/mol. The Bertz CT molecular complexity index is 2230. The molecule has 0 radical (unpaired) electrons. The maximum Gasteiger partial charge on any atom is 0.336 e. The predicted molar refractivity (Wildman–Crippen MR) is 195 cm³/mol. The highest BCUT2D eigenvalue weighted by Crippen LogP contribution is 2.48. The second-order valence-corrected chi connectivity index (χ2v) is 14.4. The summed E-state index contributed by atoms with van der Waals surface area (Å²) in [7, 11) is -2.67. The van der Waals surface area contributed by atoms with Gasteiger partial charge in [0.2, 0.25) is 11.8 Å². The van der Waals surface area contributed by atoms with Crippen molar-refractivity contribution >= 4 is 21.6 Å². The molecule has 0 bridgehead atoms. The van der Waals surface area contributed by atoms with Crippen molar-refractivity contribution in [1.82, 2.24) is 19.1 Å². The summed E-state index contributed by atoms with van der Waals surface area (Å²) in [5, 5.41) is 7.70. The molecule has 51 heavy (non-hydrogen) atoms. The Morgan fingerprint density at radius 3 is 2.16 bits per heavy atom. The van der Waals surface area contributed by atoms with Crippen LogP contribution < -0.4 is 14.8 Å². The van der Waals surface area contributed by atoms with Crippen LogP contribution in [0.5, 0.6) is 11.8 Å². The summed E-state index contributed by atoms with van der Waals surface area (Å²) in [6.07, 6.45) is 5.42. The average molecular weight is 697 g/mol. The Morgan fingerprint density at radius 1 is 0.922 bits per heavy atom. The van der Waals surface area contributed by atoms with Crippen LogP contribution in [0.25, 0.3) is 11.1 Å². The van der Waals surface area contributed by atoms with Crippen LogP contribution in [0.15, 0.2) is 133 Å². The lowest BCUT2D eigenvalue weighted by Gasteiger charge is -2.45. The molecule has 4 aromatic carbocycles. The predicted octanol–water partition coefficient (Wildman–Crippen LogP) is 7.68. The maximum atomic E-state index is 15.8. The molecule has 1 aliphatic heterocycles. The zero-order valence-corrected chi connectivity index (χ0v) is 28.8. The molecule has 1 unspecified atom stereocenters. The van der Waals surface area contributed by atoms with Crippen LogP contribution in [0.1, 0.15) is 34.2 Å². The van der Waals surface area contributed by atoms with Gasteiger partial charge in [-0.05, 0) is 52.3 Å². The third-order valence-corrected chi connectivity index (χ3v) is 11.5. The number of ether oxygens (including phenoxy) is 2. The first-order valence-electron chi connectivity index (χ1n) is 16.8. The van der Waals surface area contributed by atoms with E-state index in [9.17, 15) is 4.78 Å². The van der Waals surface area contributed by atoms with Gasteiger partial charge in [0.1, 0.15) is 10.4 Å². The van der Waals surface area contributed by atoms with Gasteiger partial charge < -0.3 is 14.8 Å². The van der Waals surface area contributed by atoms with Crippen LogP contribution in [0.3, 0.4) is 0 Å². The van der Waals surface area contributed by atoms with E-state index in [1.807, 2.05) is 109 Å². The first-order valence-corrected chi connectivity index (χ1v) is 18.3. The third-order valence-electron chi connectivity index (χ3n) is 9.67. The molecule has 10 nitrogen and oxygen atoms in total. The molecule has 2 amide bonds. The number of aryl methyl sites for hydroxylation is 2. The van der Waals surface area contributed by atoms with Gasteiger partial charge in [0.05, 0.1) is 25.6 Å². The van der Waals surface area contributed by atoms with E-state index < -0.39 is 21.5 Å². The minimum Gasteiger partial charge on any atom is -0.481 e. The van der Waals surface area contributed by atoms with Crippen molar-refractivity contribution in [2.75, 3.05) is 19.0 Å². The summed E-state index contributed by atoms with van der Waals surface area (Å²) in [5.41, 5.74) is 4.65. The van der Waals surface area contributed by atoms with Crippen LogP contribution in [0.2, 0.25) is 0 Å². The van der Waals surface area contributed by atoms with Crippen molar-refractivity contribution in [3.63, 3.8) is 0 Å². The van der Waals surface area contributed by atoms with Gasteiger partial charge in [-0.25, -0.2) is 27.8 Å². The summed E-state index contributed by atoms with van der Waals surface area (Å²) in [4.78, 5) is 19.9. The van der Waals surface area contributed by atoms with Gasteiger partial charge in [-0.3, -0.25) is 0 Å². The van der Waals surface area contributed by atoms with Gasteiger partial charge in [0.25, 0.3) is 0 Å². The summed E-state index contributed by atoms with van der Waals surface area (Å²) in [5.74, 6) is 0.668. The molecule has 256 valence electrons. The fraction of sp³-hybridized carbons (Fsp3) is 0.175. The molecule has 3 heterocycles. The van der Waals surface area contributed by atoms with Gasteiger partial charge >= 0.3 is 6.03 Å². The van der Waals surface area contributed by atoms with Gasteiger partial charge in [-0.2, -0.15) is 5.10 Å². The molecule has 1 aliphatic carbocycles. The fourth-order valence-corrected chi connectivity index (χ4v) is 8.98. The molecule has 2 aromatic heterocycles. The number of nitrogens with zero attached hydrogens (tertiary/aromatic N) is 4. The standard InChI is InChI=1S/C40H36N6O4S/c1-49-36-26-29(22-23-42-36)34-21-19-28-18-20-33(28)37(34)44-39(47)46(51(41,48)35-27-43-45-24-11-25-50-38(35)45)40(30-12-5-2-6-13-30,31-14-7-3-8-15-31)32-16-9-4-10-17-32/h2-10,12-17,19,21-23,26-27,41H,11,18,20,24-25H2,1H3,(H,44,47). The normalized spacial score (nSPS) is 14.5. The number of carbonyl (C=O) groups excluding carboxylic acids is 1. The summed E-state index contributed by atoms with van der Waals surface area (Å²) in [6, 6.07) is 35.5. The van der Waals surface area contributed by atoms with Crippen LogP contribution in [-0.2, 0) is 34.8 Å². The van der Waals surface area contributed by atoms with Gasteiger partial charge in [0, 0.05) is 30.8 Å². The minimum absolute atomic E-state index is 0.0321. The lowest BCUT2D eigenvalue weighted by Crippen LogP contribution is -2.55. The third kappa shape index (κ3) is 5.41. The second kappa shape index (κ2) is 13.1. The number of anilines is 1. The van der Waals surface area contributed by atoms with E-state index in [0.717, 1.165) is 41.5 Å². The van der Waals surface area contributed by atoms with Crippen molar-refractivity contribution in [3.8, 4) is 22.9 Å². The van der Waals surface area contributed by atoms with E-state index in [4.69, 9.17) is 9.47 Å². The highest BCUT2D eigenvalue weighted by atomic mass is 32.2. The molecular formula is C40H36N6O4S. The molecule has 0 saturated carbocycles. The first kappa shape index (κ1) is 32.3. The van der Waals surface area contributed by atoms with Crippen molar-refractivity contribution in [1.29, 1.82) is 4.78 Å². The lowest BCUT2D eigenvalue weighted by atomic mass is 9.77. The number of nitrogens with one attached hydrogen (secondary N) is 2. The number of pyridine rings is 1.